The molecule has 1 aliphatic carbocycles. The number of esters is 1. The predicted molar refractivity (Wildman–Crippen MR) is 58.9 cm³/mol. The predicted octanol–water partition coefficient (Wildman–Crippen LogP) is 2.08. The topological polar surface area (TPSA) is 63.6 Å². The highest BCUT2D eigenvalue weighted by Crippen LogP contribution is 2.34. The molecule has 0 aromatic heterocycles. The Labute approximate surface area is 96.0 Å². The molecule has 3 atom stereocenters. The second-order valence-corrected chi connectivity index (χ2v) is 4.64. The summed E-state index contributed by atoms with van der Waals surface area (Å²) >= 11 is 0. The van der Waals surface area contributed by atoms with E-state index in [-0.39, 0.29) is 5.97 Å². The van der Waals surface area contributed by atoms with E-state index in [2.05, 4.69) is 0 Å². The average Bonchev–Trinajstić information content (AvgIpc) is 2.25. The molecule has 1 saturated carbocycles. The van der Waals surface area contributed by atoms with Crippen LogP contribution in [0, 0.1) is 17.8 Å². The number of rotatable bonds is 4. The Kier molecular flexibility index (Phi) is 4.77. The van der Waals surface area contributed by atoms with Crippen LogP contribution in [0.25, 0.3) is 0 Å². The third-order valence-electron chi connectivity index (χ3n) is 3.18. The van der Waals surface area contributed by atoms with Gasteiger partial charge in [0, 0.05) is 0 Å². The Morgan fingerprint density at radius 3 is 2.56 bits per heavy atom. The number of carbonyl (C=O) groups is 2. The molecule has 3 unspecified atom stereocenters. The van der Waals surface area contributed by atoms with Crippen molar-refractivity contribution in [2.75, 3.05) is 6.61 Å². The van der Waals surface area contributed by atoms with Crippen LogP contribution >= 0.6 is 0 Å². The normalized spacial score (nSPS) is 29.8. The van der Waals surface area contributed by atoms with Crippen LogP contribution in [-0.4, -0.2) is 23.7 Å². The number of carboxylic acid groups (broad SMARTS) is 1. The van der Waals surface area contributed by atoms with E-state index in [0.29, 0.717) is 25.4 Å². The van der Waals surface area contributed by atoms with Gasteiger partial charge in [-0.15, -0.1) is 0 Å². The second kappa shape index (κ2) is 5.87. The van der Waals surface area contributed by atoms with E-state index in [4.69, 9.17) is 9.84 Å². The summed E-state index contributed by atoms with van der Waals surface area (Å²) in [5, 5.41) is 9.09. The molecule has 1 N–H and O–H groups in total. The highest BCUT2D eigenvalue weighted by atomic mass is 16.5. The minimum Gasteiger partial charge on any atom is -0.481 e. The smallest absolute Gasteiger partial charge is 0.309 e. The van der Waals surface area contributed by atoms with Crippen molar-refractivity contribution >= 4 is 11.9 Å². The van der Waals surface area contributed by atoms with Crippen molar-refractivity contribution in [2.24, 2.45) is 17.8 Å². The van der Waals surface area contributed by atoms with Gasteiger partial charge in [0.15, 0.2) is 0 Å². The fraction of sp³-hybridized carbons (Fsp3) is 0.833. The number of ether oxygens (including phenoxy) is 1. The molecule has 0 bridgehead atoms. The molecule has 1 rings (SSSR count). The number of hydrogen-bond acceptors (Lipinski definition) is 3. The van der Waals surface area contributed by atoms with Gasteiger partial charge < -0.3 is 9.84 Å². The molecule has 0 spiro atoms. The highest BCUT2D eigenvalue weighted by Gasteiger charge is 2.38. The Morgan fingerprint density at radius 1 is 1.31 bits per heavy atom. The van der Waals surface area contributed by atoms with E-state index in [0.717, 1.165) is 12.8 Å². The summed E-state index contributed by atoms with van der Waals surface area (Å²) in [6, 6.07) is 0. The molecule has 0 aliphatic heterocycles. The van der Waals surface area contributed by atoms with Gasteiger partial charge >= 0.3 is 11.9 Å². The molecular weight excluding hydrogens is 208 g/mol. The van der Waals surface area contributed by atoms with Crippen LogP contribution in [0.1, 0.15) is 39.5 Å². The SMILES string of the molecule is CCCOC(=O)C1CCC(C)CC1C(=O)O. The molecule has 16 heavy (non-hydrogen) atoms. The number of hydrogen-bond donors (Lipinski definition) is 1. The average molecular weight is 228 g/mol. The van der Waals surface area contributed by atoms with Crippen LogP contribution in [0.4, 0.5) is 0 Å². The van der Waals surface area contributed by atoms with Crippen LogP contribution in [0.15, 0.2) is 0 Å². The number of aliphatic carboxylic acids is 1. The lowest BCUT2D eigenvalue weighted by Crippen LogP contribution is -2.36. The summed E-state index contributed by atoms with van der Waals surface area (Å²) in [4.78, 5) is 22.8. The first kappa shape index (κ1) is 13.0. The summed E-state index contributed by atoms with van der Waals surface area (Å²) in [5.74, 6) is -1.82. The summed E-state index contributed by atoms with van der Waals surface area (Å²) in [7, 11) is 0. The molecule has 0 aromatic rings. The number of carbonyl (C=O) groups excluding carboxylic acids is 1. The largest absolute Gasteiger partial charge is 0.481 e. The van der Waals surface area contributed by atoms with Gasteiger partial charge in [0.25, 0.3) is 0 Å². The van der Waals surface area contributed by atoms with Crippen LogP contribution in [0.3, 0.4) is 0 Å². The minimum atomic E-state index is -0.870. The molecule has 0 radical (unpaired) electrons. The molecule has 0 aromatic carbocycles. The molecule has 0 saturated heterocycles. The van der Waals surface area contributed by atoms with Gasteiger partial charge in [0.05, 0.1) is 18.4 Å². The molecule has 0 heterocycles. The van der Waals surface area contributed by atoms with E-state index in [1.54, 1.807) is 0 Å². The molecule has 1 aliphatic rings. The number of carboxylic acids is 1. The molecule has 0 amide bonds. The third-order valence-corrected chi connectivity index (χ3v) is 3.18. The Hall–Kier alpha value is -1.06. The van der Waals surface area contributed by atoms with E-state index in [1.807, 2.05) is 13.8 Å². The molecular formula is C12H20O4. The van der Waals surface area contributed by atoms with E-state index in [9.17, 15) is 9.59 Å². The molecule has 1 fully saturated rings. The van der Waals surface area contributed by atoms with E-state index in [1.165, 1.54) is 0 Å². The maximum Gasteiger partial charge on any atom is 0.309 e. The van der Waals surface area contributed by atoms with Gasteiger partial charge in [-0.1, -0.05) is 13.8 Å². The Bertz CT molecular complexity index is 262. The Morgan fingerprint density at radius 2 is 2.00 bits per heavy atom. The second-order valence-electron chi connectivity index (χ2n) is 4.64. The fourth-order valence-electron chi connectivity index (χ4n) is 2.25. The molecule has 4 nitrogen and oxygen atoms in total. The van der Waals surface area contributed by atoms with Crippen LogP contribution in [0.5, 0.6) is 0 Å². The zero-order chi connectivity index (χ0) is 12.1. The van der Waals surface area contributed by atoms with Crippen LogP contribution in [-0.2, 0) is 14.3 Å². The van der Waals surface area contributed by atoms with Crippen molar-refractivity contribution < 1.29 is 19.4 Å². The van der Waals surface area contributed by atoms with Crippen molar-refractivity contribution in [3.05, 3.63) is 0 Å². The lowest BCUT2D eigenvalue weighted by atomic mass is 9.74. The van der Waals surface area contributed by atoms with Crippen molar-refractivity contribution in [1.82, 2.24) is 0 Å². The monoisotopic (exact) mass is 228 g/mol. The maximum atomic E-state index is 11.7. The summed E-state index contributed by atoms with van der Waals surface area (Å²) < 4.78 is 5.04. The minimum absolute atomic E-state index is 0.332. The van der Waals surface area contributed by atoms with Gasteiger partial charge in [0.1, 0.15) is 0 Å². The zero-order valence-electron chi connectivity index (χ0n) is 9.94. The van der Waals surface area contributed by atoms with Gasteiger partial charge in [-0.3, -0.25) is 9.59 Å². The Balaban J connectivity index is 2.61. The first-order valence-corrected chi connectivity index (χ1v) is 5.95. The quantitative estimate of drug-likeness (QED) is 0.748. The summed E-state index contributed by atoms with van der Waals surface area (Å²) in [6.45, 7) is 4.34. The van der Waals surface area contributed by atoms with Gasteiger partial charge in [-0.25, -0.2) is 0 Å². The van der Waals surface area contributed by atoms with Gasteiger partial charge in [-0.05, 0) is 31.6 Å². The maximum absolute atomic E-state index is 11.7. The molecule has 4 heteroatoms. The third kappa shape index (κ3) is 3.22. The van der Waals surface area contributed by atoms with Gasteiger partial charge in [-0.2, -0.15) is 0 Å². The van der Waals surface area contributed by atoms with Crippen molar-refractivity contribution in [3.63, 3.8) is 0 Å². The first-order valence-electron chi connectivity index (χ1n) is 5.95. The van der Waals surface area contributed by atoms with E-state index < -0.39 is 17.8 Å². The summed E-state index contributed by atoms with van der Waals surface area (Å²) in [6.07, 6.45) is 2.91. The van der Waals surface area contributed by atoms with Crippen molar-refractivity contribution in [2.45, 2.75) is 39.5 Å². The summed E-state index contributed by atoms with van der Waals surface area (Å²) in [5.41, 5.74) is 0. The first-order chi connectivity index (χ1) is 7.56. The molecule has 92 valence electrons. The fourth-order valence-corrected chi connectivity index (χ4v) is 2.25. The highest BCUT2D eigenvalue weighted by molar-refractivity contribution is 5.81. The van der Waals surface area contributed by atoms with Crippen molar-refractivity contribution in [3.8, 4) is 0 Å². The zero-order valence-corrected chi connectivity index (χ0v) is 9.94. The van der Waals surface area contributed by atoms with Crippen LogP contribution in [0.2, 0.25) is 0 Å². The van der Waals surface area contributed by atoms with Crippen LogP contribution < -0.4 is 0 Å². The van der Waals surface area contributed by atoms with Crippen molar-refractivity contribution in [1.29, 1.82) is 0 Å². The van der Waals surface area contributed by atoms with Gasteiger partial charge in [0.2, 0.25) is 0 Å². The standard InChI is InChI=1S/C12H20O4/c1-3-6-16-12(15)9-5-4-8(2)7-10(9)11(13)14/h8-10H,3-7H2,1-2H3,(H,13,14). The van der Waals surface area contributed by atoms with E-state index >= 15 is 0 Å². The lowest BCUT2D eigenvalue weighted by molar-refractivity contribution is -0.160. The lowest BCUT2D eigenvalue weighted by Gasteiger charge is -2.30.